The second-order valence-electron chi connectivity index (χ2n) is 26.1. The van der Waals surface area contributed by atoms with Crippen LogP contribution in [0, 0.1) is 0 Å². The zero-order valence-corrected chi connectivity index (χ0v) is 56.3. The van der Waals surface area contributed by atoms with E-state index in [4.69, 9.17) is 75.8 Å². The first-order chi connectivity index (χ1) is 49.8. The molecule has 0 spiro atoms. The first-order valence-electron chi connectivity index (χ1n) is 33.3. The summed E-state index contributed by atoms with van der Waals surface area (Å²) in [6.45, 7) is -6.87. The van der Waals surface area contributed by atoms with Gasteiger partial charge in [-0.1, -0.05) is 0 Å². The fourth-order valence-corrected chi connectivity index (χ4v) is 13.2. The van der Waals surface area contributed by atoms with Crippen molar-refractivity contribution in [1.29, 1.82) is 0 Å². The predicted octanol–water partition coefficient (Wildman–Crippen LogP) is -18.9. The van der Waals surface area contributed by atoms with Crippen molar-refractivity contribution in [3.8, 4) is 0 Å². The summed E-state index contributed by atoms with van der Waals surface area (Å²) < 4.78 is 94.1. The lowest BCUT2D eigenvalue weighted by molar-refractivity contribution is -0.388. The van der Waals surface area contributed by atoms with Gasteiger partial charge in [-0.25, -0.2) is 0 Å². The lowest BCUT2D eigenvalue weighted by atomic mass is 9.93. The minimum Gasteiger partial charge on any atom is -0.394 e. The third-order valence-electron chi connectivity index (χ3n) is 18.8. The van der Waals surface area contributed by atoms with E-state index in [1.165, 1.54) is 0 Å². The van der Waals surface area contributed by atoms with Crippen LogP contribution in [0.2, 0.25) is 0 Å². The topological polar surface area (TPSA) is 729 Å². The van der Waals surface area contributed by atoms with Crippen molar-refractivity contribution in [1.82, 2.24) is 21.3 Å². The largest absolute Gasteiger partial charge is 0.394 e. The molecule has 0 aromatic carbocycles. The Bertz CT molecular complexity index is 2690. The van der Waals surface area contributed by atoms with E-state index in [1.54, 1.807) is 0 Å². The summed E-state index contributed by atoms with van der Waals surface area (Å²) in [5, 5.41) is 262. The number of hydrogen-bond acceptors (Lipinski definition) is 43. The maximum Gasteiger partial charge on any atom is 0.217 e. The number of rotatable bonds is 31. The molecule has 8 rings (SSSR count). The predicted molar refractivity (Wildman–Crippen MR) is 323 cm³/mol. The molecule has 0 aliphatic carbocycles. The zero-order valence-electron chi connectivity index (χ0n) is 56.3. The number of carbonyl (C=O) groups is 4. The Morgan fingerprint density at radius 2 is 0.600 bits per heavy atom. The van der Waals surface area contributed by atoms with Crippen molar-refractivity contribution in [2.45, 2.75) is 272 Å². The van der Waals surface area contributed by atoms with Crippen molar-refractivity contribution in [3.05, 3.63) is 0 Å². The molecule has 0 aromatic rings. The molecule has 47 heteroatoms. The number of aliphatic hydroxyl groups is 23. The number of carbonyl (C=O) groups excluding carboxylic acids is 4. The highest BCUT2D eigenvalue weighted by Crippen LogP contribution is 2.39. The summed E-state index contributed by atoms with van der Waals surface area (Å²) in [5.74, 6) is -2.88. The van der Waals surface area contributed by atoms with E-state index in [9.17, 15) is 137 Å². The third-order valence-corrected chi connectivity index (χ3v) is 18.8. The van der Waals surface area contributed by atoms with Crippen LogP contribution in [-0.2, 0) is 95.0 Å². The van der Waals surface area contributed by atoms with E-state index >= 15 is 0 Å². The van der Waals surface area contributed by atoms with Gasteiger partial charge < -0.3 is 215 Å². The molecule has 8 saturated heterocycles. The summed E-state index contributed by atoms with van der Waals surface area (Å²) in [4.78, 5) is 50.4. The molecular formula is C58H98N4O43. The molecule has 41 atom stereocenters. The lowest BCUT2D eigenvalue weighted by Crippen LogP contribution is -2.71. The van der Waals surface area contributed by atoms with Crippen LogP contribution in [0.3, 0.4) is 0 Å². The minimum atomic E-state index is -2.54. The lowest BCUT2D eigenvalue weighted by Gasteiger charge is -2.51. The van der Waals surface area contributed by atoms with Crippen LogP contribution < -0.4 is 21.3 Å². The van der Waals surface area contributed by atoms with E-state index in [2.05, 4.69) is 21.3 Å². The fraction of sp³-hybridized carbons (Fsp3) is 0.931. The Morgan fingerprint density at radius 1 is 0.314 bits per heavy atom. The minimum absolute atomic E-state index is 0.246. The van der Waals surface area contributed by atoms with E-state index in [-0.39, 0.29) is 6.41 Å². The van der Waals surface area contributed by atoms with Gasteiger partial charge in [-0.3, -0.25) is 19.2 Å². The molecular weight excluding hydrogens is 1440 g/mol. The Morgan fingerprint density at radius 3 is 0.962 bits per heavy atom. The number of aliphatic hydroxyl groups excluding tert-OH is 23. The molecule has 0 bridgehead atoms. The highest BCUT2D eigenvalue weighted by atomic mass is 16.8. The monoisotopic (exact) mass is 1540 g/mol. The van der Waals surface area contributed by atoms with Gasteiger partial charge in [0.2, 0.25) is 24.1 Å². The molecule has 0 saturated carbocycles. The van der Waals surface area contributed by atoms with Crippen LogP contribution in [0.5, 0.6) is 0 Å². The summed E-state index contributed by atoms with van der Waals surface area (Å²) in [6, 6.07) is -6.82. The molecule has 27 N–H and O–H groups in total. The van der Waals surface area contributed by atoms with Crippen LogP contribution in [-0.4, -0.2) is 459 Å². The Balaban J connectivity index is 1.14. The Hall–Kier alpha value is -3.68. The summed E-state index contributed by atoms with van der Waals surface area (Å²) in [7, 11) is 0. The molecule has 47 nitrogen and oxygen atoms in total. The Kier molecular flexibility index (Phi) is 32.3. The van der Waals surface area contributed by atoms with Gasteiger partial charge in [0, 0.05) is 20.8 Å². The van der Waals surface area contributed by atoms with Gasteiger partial charge in [0.1, 0.15) is 195 Å². The third kappa shape index (κ3) is 19.8. The second kappa shape index (κ2) is 39.0. The molecule has 8 aliphatic heterocycles. The molecule has 4 amide bonds. The first-order valence-corrected chi connectivity index (χ1v) is 33.3. The number of nitrogens with one attached hydrogen (secondary N) is 4. The van der Waals surface area contributed by atoms with E-state index in [1.807, 2.05) is 0 Å². The van der Waals surface area contributed by atoms with Gasteiger partial charge >= 0.3 is 0 Å². The summed E-state index contributed by atoms with van der Waals surface area (Å²) in [6.07, 6.45) is -75.7. The number of hydrogen-bond donors (Lipinski definition) is 27. The molecule has 0 unspecified atom stereocenters. The Labute approximate surface area is 594 Å². The fourth-order valence-electron chi connectivity index (χ4n) is 13.2. The van der Waals surface area contributed by atoms with Crippen LogP contribution in [0.1, 0.15) is 20.8 Å². The van der Waals surface area contributed by atoms with Crippen LogP contribution >= 0.6 is 0 Å². The number of ether oxygens (including phenoxy) is 16. The molecule has 8 aliphatic rings. The van der Waals surface area contributed by atoms with Crippen molar-refractivity contribution >= 4 is 24.1 Å². The van der Waals surface area contributed by atoms with Gasteiger partial charge in [0.25, 0.3) is 0 Å². The van der Waals surface area contributed by atoms with Crippen molar-refractivity contribution < 1.29 is 212 Å². The van der Waals surface area contributed by atoms with Crippen molar-refractivity contribution in [2.75, 3.05) is 66.1 Å². The van der Waals surface area contributed by atoms with Gasteiger partial charge in [-0.05, 0) is 0 Å². The van der Waals surface area contributed by atoms with Gasteiger partial charge in [0.15, 0.2) is 50.3 Å². The molecule has 608 valence electrons. The molecule has 0 aromatic heterocycles. The number of amides is 4. The van der Waals surface area contributed by atoms with E-state index in [0.717, 1.165) is 20.8 Å². The standard InChI is InChI=1S/C58H98N4O43/c1-15(72)60-27-46(101-55-40(85)37(82)30(75)19(5-64)95-55)32(77)21(7-66)92-51(27)91-13-26-36(81)50(105-53-28(61-16(2)73)47(33(78)22(8-67)94-53)102-56-41(86)38(83)31(76)20(6-65)96-56)44(89)58(99-26)103-48-29(62-17(3)74)52(93-23(9-68)34(48)79)104-49-35(80)24(10-69)97-57(43(49)88)100-45-25(11-70)98-54(42(87)39(45)84)90-12-18(4-63)59-14-71/h14,18-58,63-70,75-89H,4-13H2,1-3H3,(H,59,71)(H,60,72)(H,61,73)(H,62,74)/t18-,19-,20-,21-,22-,23-,24-,25-,26-,27-,28-,29-,30+,31+,32-,33-,34-,35+,36+,37+,38+,39-,40-,41-,42-,43-,44-,45-,46-,47-,48-,49+,50+,51-,52+,53+,54-,55+,56+,57+,58+/m1/s1. The zero-order chi connectivity index (χ0) is 77.3. The molecule has 8 heterocycles. The first kappa shape index (κ1) is 86.9. The smallest absolute Gasteiger partial charge is 0.217 e. The summed E-state index contributed by atoms with van der Waals surface area (Å²) in [5.41, 5.74) is 0. The van der Waals surface area contributed by atoms with Crippen molar-refractivity contribution in [2.24, 2.45) is 0 Å². The van der Waals surface area contributed by atoms with E-state index in [0.29, 0.717) is 0 Å². The SMILES string of the molecule is CC(=O)N[C@H]1[C@H](OC[C@H]2O[C@@H](O[C@H]3[C@H](O)[C@@H](CO)O[C@@H](O[C@H]4[C@@H](O)[C@@H](CO)O[C@@H](O[C@H]5[C@H](O)[C@@H](O)[C@H](OC[C@@H](CO)NC=O)O[C@@H]5CO)[C@@H]4O)[C@@H]3NC(C)=O)[C@H](O)[C@@H](O[C@@H]3O[C@H](CO)[C@@H](O)[C@H](O[C@@H]4O[C@H](CO)[C@H](O)[C@H](O)[C@H]4O)[C@H]3NC(C)=O)[C@H]2O)O[C@H](CO)[C@@H](O)[C@@H]1O[C@@H]1O[C@H](CO)[C@H](O)[C@H](O)[C@H]1O. The van der Waals surface area contributed by atoms with Gasteiger partial charge in [-0.15, -0.1) is 0 Å². The molecule has 0 radical (unpaired) electrons. The quantitative estimate of drug-likeness (QED) is 0.0287. The normalized spacial score (nSPS) is 47.3. The van der Waals surface area contributed by atoms with Crippen LogP contribution in [0.15, 0.2) is 0 Å². The van der Waals surface area contributed by atoms with Gasteiger partial charge in [-0.2, -0.15) is 0 Å². The van der Waals surface area contributed by atoms with Crippen LogP contribution in [0.4, 0.5) is 0 Å². The summed E-state index contributed by atoms with van der Waals surface area (Å²) >= 11 is 0. The maximum atomic E-state index is 13.3. The van der Waals surface area contributed by atoms with E-state index < -0.39 is 335 Å². The molecule has 8 fully saturated rings. The second-order valence-corrected chi connectivity index (χ2v) is 26.1. The highest BCUT2D eigenvalue weighted by molar-refractivity contribution is 5.74. The highest BCUT2D eigenvalue weighted by Gasteiger charge is 2.60. The van der Waals surface area contributed by atoms with Crippen molar-refractivity contribution in [3.63, 3.8) is 0 Å². The maximum absolute atomic E-state index is 13.3. The van der Waals surface area contributed by atoms with Gasteiger partial charge in [0.05, 0.1) is 72.1 Å². The molecule has 105 heavy (non-hydrogen) atoms. The van der Waals surface area contributed by atoms with Crippen LogP contribution in [0.25, 0.3) is 0 Å². The average molecular weight is 1540 g/mol. The average Bonchev–Trinajstić information content (AvgIpc) is 0.765.